The molecule has 3 amide bonds. The number of para-hydroxylation sites is 1. The van der Waals surface area contributed by atoms with Gasteiger partial charge in [0.05, 0.1) is 12.1 Å². The van der Waals surface area contributed by atoms with E-state index in [1.807, 2.05) is 13.0 Å². The first-order chi connectivity index (χ1) is 9.93. The normalized spacial score (nSPS) is 13.1. The van der Waals surface area contributed by atoms with Crippen molar-refractivity contribution in [3.05, 3.63) is 30.3 Å². The van der Waals surface area contributed by atoms with E-state index in [1.165, 1.54) is 0 Å². The zero-order chi connectivity index (χ0) is 15.7. The van der Waals surface area contributed by atoms with E-state index in [1.54, 1.807) is 31.2 Å². The van der Waals surface area contributed by atoms with Gasteiger partial charge in [-0.15, -0.1) is 0 Å². The molecule has 116 valence electrons. The molecule has 0 saturated carbocycles. The Morgan fingerprint density at radius 3 is 2.48 bits per heavy atom. The molecule has 0 bridgehead atoms. The van der Waals surface area contributed by atoms with Gasteiger partial charge < -0.3 is 21.1 Å². The highest BCUT2D eigenvalue weighted by Gasteiger charge is 2.19. The Kier molecular flexibility index (Phi) is 6.68. The lowest BCUT2D eigenvalue weighted by Gasteiger charge is -2.22. The molecule has 0 fully saturated rings. The molecule has 0 spiro atoms. The van der Waals surface area contributed by atoms with Gasteiger partial charge in [-0.2, -0.15) is 0 Å². The minimum Gasteiger partial charge on any atom is -0.388 e. The van der Waals surface area contributed by atoms with E-state index in [-0.39, 0.29) is 19.0 Å². The Balaban J connectivity index is 2.25. The molecule has 1 aromatic carbocycles. The molecule has 0 heterocycles. The third-order valence-corrected chi connectivity index (χ3v) is 2.90. The van der Waals surface area contributed by atoms with Crippen LogP contribution in [0.4, 0.5) is 10.5 Å². The second kappa shape index (κ2) is 8.26. The Bertz CT molecular complexity index is 460. The maximum atomic E-state index is 11.6. The maximum Gasteiger partial charge on any atom is 0.319 e. The van der Waals surface area contributed by atoms with Crippen LogP contribution in [0.2, 0.25) is 0 Å². The van der Waals surface area contributed by atoms with Gasteiger partial charge in [0, 0.05) is 12.2 Å². The molecule has 21 heavy (non-hydrogen) atoms. The molecule has 6 heteroatoms. The molecular formula is C15H23N3O3. The van der Waals surface area contributed by atoms with Crippen molar-refractivity contribution in [1.29, 1.82) is 0 Å². The molecule has 0 aliphatic carbocycles. The molecule has 1 rings (SSSR count). The second-order valence-corrected chi connectivity index (χ2v) is 5.20. The number of amides is 3. The van der Waals surface area contributed by atoms with Crippen LogP contribution < -0.4 is 16.0 Å². The highest BCUT2D eigenvalue weighted by Crippen LogP contribution is 2.09. The third kappa shape index (κ3) is 7.31. The summed E-state index contributed by atoms with van der Waals surface area (Å²) in [6.45, 7) is 3.67. The topological polar surface area (TPSA) is 90.5 Å². The summed E-state index contributed by atoms with van der Waals surface area (Å²) in [6.07, 6.45) is 1.44. The summed E-state index contributed by atoms with van der Waals surface area (Å²) in [5.74, 6) is -0.338. The van der Waals surface area contributed by atoms with Gasteiger partial charge in [-0.3, -0.25) is 4.79 Å². The Labute approximate surface area is 124 Å². The van der Waals surface area contributed by atoms with Gasteiger partial charge in [-0.1, -0.05) is 31.5 Å². The number of carbonyl (C=O) groups excluding carboxylic acids is 2. The maximum absolute atomic E-state index is 11.6. The molecule has 1 atom stereocenters. The van der Waals surface area contributed by atoms with Crippen LogP contribution in [0, 0.1) is 0 Å². The fourth-order valence-electron chi connectivity index (χ4n) is 1.84. The first kappa shape index (κ1) is 17.0. The lowest BCUT2D eigenvalue weighted by atomic mass is 10.0. The van der Waals surface area contributed by atoms with Crippen molar-refractivity contribution < 1.29 is 14.7 Å². The Morgan fingerprint density at radius 2 is 1.86 bits per heavy atom. The van der Waals surface area contributed by atoms with Gasteiger partial charge in [0.1, 0.15) is 0 Å². The second-order valence-electron chi connectivity index (χ2n) is 5.20. The van der Waals surface area contributed by atoms with E-state index in [9.17, 15) is 14.7 Å². The Morgan fingerprint density at radius 1 is 1.19 bits per heavy atom. The van der Waals surface area contributed by atoms with Gasteiger partial charge in [0.25, 0.3) is 0 Å². The number of benzene rings is 1. The van der Waals surface area contributed by atoms with Crippen molar-refractivity contribution in [2.45, 2.75) is 32.3 Å². The van der Waals surface area contributed by atoms with Gasteiger partial charge in [-0.25, -0.2) is 4.79 Å². The predicted octanol–water partition coefficient (Wildman–Crippen LogP) is 1.48. The van der Waals surface area contributed by atoms with Crippen molar-refractivity contribution in [2.75, 3.05) is 18.4 Å². The van der Waals surface area contributed by atoms with Gasteiger partial charge in [-0.05, 0) is 25.5 Å². The fraction of sp³-hybridized carbons (Fsp3) is 0.467. The van der Waals surface area contributed by atoms with E-state index < -0.39 is 11.6 Å². The summed E-state index contributed by atoms with van der Waals surface area (Å²) in [5.41, 5.74) is -0.266. The lowest BCUT2D eigenvalue weighted by molar-refractivity contribution is -0.121. The van der Waals surface area contributed by atoms with Crippen molar-refractivity contribution in [3.63, 3.8) is 0 Å². The average molecular weight is 293 g/mol. The molecule has 4 N–H and O–H groups in total. The number of urea groups is 1. The number of anilines is 1. The van der Waals surface area contributed by atoms with E-state index >= 15 is 0 Å². The van der Waals surface area contributed by atoms with E-state index in [4.69, 9.17) is 0 Å². The van der Waals surface area contributed by atoms with Crippen LogP contribution in [0.1, 0.15) is 26.7 Å². The number of carbonyl (C=O) groups is 2. The first-order valence-electron chi connectivity index (χ1n) is 7.02. The first-order valence-corrected chi connectivity index (χ1v) is 7.02. The summed E-state index contributed by atoms with van der Waals surface area (Å²) in [7, 11) is 0. The summed E-state index contributed by atoms with van der Waals surface area (Å²) in [4.78, 5) is 23.2. The molecule has 1 unspecified atom stereocenters. The molecule has 0 aliphatic rings. The molecule has 0 saturated heterocycles. The third-order valence-electron chi connectivity index (χ3n) is 2.90. The highest BCUT2D eigenvalue weighted by atomic mass is 16.3. The van der Waals surface area contributed by atoms with Crippen LogP contribution in [0.25, 0.3) is 0 Å². The Hall–Kier alpha value is -2.08. The van der Waals surface area contributed by atoms with Gasteiger partial charge >= 0.3 is 6.03 Å². The monoisotopic (exact) mass is 293 g/mol. The minimum absolute atomic E-state index is 0.138. The SMILES string of the molecule is CCCC(C)(O)CNC(=O)CNC(=O)Nc1ccccc1. The zero-order valence-electron chi connectivity index (χ0n) is 12.5. The van der Waals surface area contributed by atoms with E-state index in [0.29, 0.717) is 12.1 Å². The number of hydrogen-bond acceptors (Lipinski definition) is 3. The van der Waals surface area contributed by atoms with Crippen LogP contribution in [0.3, 0.4) is 0 Å². The summed E-state index contributed by atoms with van der Waals surface area (Å²) >= 11 is 0. The molecule has 6 nitrogen and oxygen atoms in total. The largest absolute Gasteiger partial charge is 0.388 e. The molecular weight excluding hydrogens is 270 g/mol. The van der Waals surface area contributed by atoms with Crippen LogP contribution in [-0.2, 0) is 4.79 Å². The number of rotatable bonds is 7. The fourth-order valence-corrected chi connectivity index (χ4v) is 1.84. The lowest BCUT2D eigenvalue weighted by Crippen LogP contribution is -2.45. The van der Waals surface area contributed by atoms with Crippen LogP contribution in [-0.4, -0.2) is 35.7 Å². The summed E-state index contributed by atoms with van der Waals surface area (Å²) < 4.78 is 0. The minimum atomic E-state index is -0.920. The van der Waals surface area contributed by atoms with Crippen molar-refractivity contribution >= 4 is 17.6 Å². The van der Waals surface area contributed by atoms with Crippen molar-refractivity contribution in [3.8, 4) is 0 Å². The van der Waals surface area contributed by atoms with E-state index in [2.05, 4.69) is 16.0 Å². The number of aliphatic hydroxyl groups is 1. The van der Waals surface area contributed by atoms with E-state index in [0.717, 1.165) is 6.42 Å². The predicted molar refractivity (Wildman–Crippen MR) is 82.0 cm³/mol. The molecule has 1 aromatic rings. The van der Waals surface area contributed by atoms with Crippen LogP contribution in [0.15, 0.2) is 30.3 Å². The number of hydrogen-bond donors (Lipinski definition) is 4. The van der Waals surface area contributed by atoms with Crippen molar-refractivity contribution in [2.24, 2.45) is 0 Å². The molecule has 0 radical (unpaired) electrons. The summed E-state index contributed by atoms with van der Waals surface area (Å²) in [6, 6.07) is 8.51. The summed E-state index contributed by atoms with van der Waals surface area (Å²) in [5, 5.41) is 17.6. The number of nitrogens with one attached hydrogen (secondary N) is 3. The van der Waals surface area contributed by atoms with Crippen LogP contribution in [0.5, 0.6) is 0 Å². The average Bonchev–Trinajstić information content (AvgIpc) is 2.44. The quantitative estimate of drug-likeness (QED) is 0.613. The van der Waals surface area contributed by atoms with Gasteiger partial charge in [0.2, 0.25) is 5.91 Å². The standard InChI is InChI=1S/C15H23N3O3/c1-3-9-15(2,21)11-17-13(19)10-16-14(20)18-12-7-5-4-6-8-12/h4-8,21H,3,9-11H2,1-2H3,(H,17,19)(H2,16,18,20). The van der Waals surface area contributed by atoms with Gasteiger partial charge in [0.15, 0.2) is 0 Å². The highest BCUT2D eigenvalue weighted by molar-refractivity contribution is 5.92. The smallest absolute Gasteiger partial charge is 0.319 e. The molecule has 0 aromatic heterocycles. The zero-order valence-corrected chi connectivity index (χ0v) is 12.5. The van der Waals surface area contributed by atoms with Crippen LogP contribution >= 0.6 is 0 Å². The van der Waals surface area contributed by atoms with Crippen molar-refractivity contribution in [1.82, 2.24) is 10.6 Å². The molecule has 0 aliphatic heterocycles.